The van der Waals surface area contributed by atoms with E-state index in [9.17, 15) is 8.42 Å². The second kappa shape index (κ2) is 5.55. The average molecular weight is 382 g/mol. The van der Waals surface area contributed by atoms with Crippen molar-refractivity contribution in [2.24, 2.45) is 11.3 Å². The van der Waals surface area contributed by atoms with Crippen molar-refractivity contribution < 1.29 is 8.42 Å². The molecule has 1 aliphatic rings. The maximum Gasteiger partial charge on any atom is 0.246 e. The molecule has 2 heterocycles. The van der Waals surface area contributed by atoms with Gasteiger partial charge in [0, 0.05) is 23.8 Å². The molecule has 2 rings (SSSR count). The van der Waals surface area contributed by atoms with Gasteiger partial charge in [0.25, 0.3) is 0 Å². The zero-order chi connectivity index (χ0) is 15.1. The Hall–Kier alpha value is -0.170. The molecular weight excluding hydrogens is 364 g/mol. The van der Waals surface area contributed by atoms with E-state index in [-0.39, 0.29) is 15.5 Å². The van der Waals surface area contributed by atoms with Crippen LogP contribution in [0, 0.1) is 11.3 Å². The Bertz CT molecular complexity index is 613. The largest absolute Gasteiger partial charge is 0.246 e. The molecule has 0 radical (unpaired) electrons. The van der Waals surface area contributed by atoms with Crippen molar-refractivity contribution in [1.82, 2.24) is 9.29 Å². The van der Waals surface area contributed by atoms with Gasteiger partial charge in [-0.05, 0) is 39.8 Å². The molecule has 1 aromatic heterocycles. The van der Waals surface area contributed by atoms with Crippen molar-refractivity contribution in [3.8, 4) is 0 Å². The third kappa shape index (κ3) is 3.18. The predicted molar refractivity (Wildman–Crippen MR) is 83.3 cm³/mol. The third-order valence-electron chi connectivity index (χ3n) is 3.77. The van der Waals surface area contributed by atoms with Gasteiger partial charge in [-0.2, -0.15) is 4.31 Å². The molecule has 0 amide bonds. The first-order valence-electron chi connectivity index (χ1n) is 6.43. The summed E-state index contributed by atoms with van der Waals surface area (Å²) in [6.45, 7) is 7.49. The number of rotatable bonds is 2. The lowest BCUT2D eigenvalue weighted by Gasteiger charge is -2.26. The lowest BCUT2D eigenvalue weighted by molar-refractivity contribution is 0.252. The zero-order valence-electron chi connectivity index (χ0n) is 11.7. The van der Waals surface area contributed by atoms with E-state index >= 15 is 0 Å². The second-order valence-corrected chi connectivity index (χ2v) is 9.34. The highest BCUT2D eigenvalue weighted by Gasteiger charge is 2.38. The van der Waals surface area contributed by atoms with Crippen molar-refractivity contribution in [2.45, 2.75) is 32.1 Å². The Kier molecular flexibility index (Phi) is 4.50. The highest BCUT2D eigenvalue weighted by atomic mass is 79.9. The molecule has 1 aromatic rings. The number of sulfonamides is 1. The van der Waals surface area contributed by atoms with E-state index in [2.05, 4.69) is 41.7 Å². The molecule has 0 aromatic carbocycles. The van der Waals surface area contributed by atoms with E-state index < -0.39 is 10.0 Å². The summed E-state index contributed by atoms with van der Waals surface area (Å²) in [7, 11) is -3.58. The molecule has 1 unspecified atom stereocenters. The summed E-state index contributed by atoms with van der Waals surface area (Å²) < 4.78 is 27.4. The van der Waals surface area contributed by atoms with Crippen molar-refractivity contribution >= 4 is 37.6 Å². The van der Waals surface area contributed by atoms with Crippen molar-refractivity contribution in [3.63, 3.8) is 0 Å². The Morgan fingerprint density at radius 2 is 2.10 bits per heavy atom. The van der Waals surface area contributed by atoms with E-state index in [1.807, 2.05) is 0 Å². The van der Waals surface area contributed by atoms with E-state index in [0.717, 1.165) is 6.42 Å². The van der Waals surface area contributed by atoms with Gasteiger partial charge in [-0.25, -0.2) is 13.4 Å². The number of nitrogens with zero attached hydrogens (tertiary/aromatic N) is 2. The molecule has 0 bridgehead atoms. The zero-order valence-corrected chi connectivity index (χ0v) is 14.9. The summed E-state index contributed by atoms with van der Waals surface area (Å²) in [5, 5.41) is 0.0207. The summed E-state index contributed by atoms with van der Waals surface area (Å²) in [4.78, 5) is 3.97. The van der Waals surface area contributed by atoms with Crippen molar-refractivity contribution in [1.29, 1.82) is 0 Å². The van der Waals surface area contributed by atoms with Gasteiger partial charge in [0.1, 0.15) is 10.0 Å². The molecule has 20 heavy (non-hydrogen) atoms. The van der Waals surface area contributed by atoms with Crippen molar-refractivity contribution in [2.75, 3.05) is 13.1 Å². The number of hydrogen-bond acceptors (Lipinski definition) is 3. The minimum atomic E-state index is -3.58. The van der Waals surface area contributed by atoms with Gasteiger partial charge >= 0.3 is 0 Å². The minimum absolute atomic E-state index is 0.0207. The monoisotopic (exact) mass is 380 g/mol. The summed E-state index contributed by atoms with van der Waals surface area (Å²) in [6.07, 6.45) is 2.37. The highest BCUT2D eigenvalue weighted by Crippen LogP contribution is 2.36. The Balaban J connectivity index is 2.31. The molecule has 0 saturated carbocycles. The third-order valence-corrected chi connectivity index (χ3v) is 6.49. The van der Waals surface area contributed by atoms with Gasteiger partial charge in [0.05, 0.1) is 0 Å². The Labute approximate surface area is 133 Å². The van der Waals surface area contributed by atoms with Crippen LogP contribution in [0.5, 0.6) is 0 Å². The standard InChI is InChI=1S/C13H18BrClN2O2S/c1-13(2,3)9-4-5-17(8-9)20(18,19)11-6-10(14)7-16-12(11)15/h6-7,9H,4-5,8H2,1-3H3. The first-order valence-corrected chi connectivity index (χ1v) is 9.04. The number of hydrogen-bond donors (Lipinski definition) is 0. The van der Waals surface area contributed by atoms with Gasteiger partial charge in [-0.15, -0.1) is 0 Å². The minimum Gasteiger partial charge on any atom is -0.242 e. The van der Waals surface area contributed by atoms with Crippen LogP contribution in [-0.2, 0) is 10.0 Å². The molecule has 4 nitrogen and oxygen atoms in total. The van der Waals surface area contributed by atoms with Crippen LogP contribution >= 0.6 is 27.5 Å². The summed E-state index contributed by atoms with van der Waals surface area (Å²) in [6, 6.07) is 1.51. The number of pyridine rings is 1. The molecule has 0 N–H and O–H groups in total. The molecule has 7 heteroatoms. The molecular formula is C13H18BrClN2O2S. The topological polar surface area (TPSA) is 50.3 Å². The summed E-state index contributed by atoms with van der Waals surface area (Å²) >= 11 is 9.18. The fraction of sp³-hybridized carbons (Fsp3) is 0.615. The predicted octanol–water partition coefficient (Wildman–Crippen LogP) is 3.55. The van der Waals surface area contributed by atoms with E-state index in [1.54, 1.807) is 0 Å². The lowest BCUT2D eigenvalue weighted by atomic mass is 9.80. The Morgan fingerprint density at radius 1 is 1.45 bits per heavy atom. The highest BCUT2D eigenvalue weighted by molar-refractivity contribution is 9.10. The summed E-state index contributed by atoms with van der Waals surface area (Å²) in [5.41, 5.74) is 0.101. The van der Waals surface area contributed by atoms with E-state index in [0.29, 0.717) is 23.5 Å². The van der Waals surface area contributed by atoms with Gasteiger partial charge < -0.3 is 0 Å². The molecule has 1 saturated heterocycles. The van der Waals surface area contributed by atoms with Gasteiger partial charge in [-0.3, -0.25) is 0 Å². The second-order valence-electron chi connectivity index (χ2n) is 6.16. The first kappa shape index (κ1) is 16.2. The smallest absolute Gasteiger partial charge is 0.242 e. The van der Waals surface area contributed by atoms with Crippen LogP contribution in [0.4, 0.5) is 0 Å². The van der Waals surface area contributed by atoms with Crippen LogP contribution < -0.4 is 0 Å². The van der Waals surface area contributed by atoms with E-state index in [1.165, 1.54) is 16.6 Å². The van der Waals surface area contributed by atoms with Crippen LogP contribution in [0.3, 0.4) is 0 Å². The van der Waals surface area contributed by atoms with Gasteiger partial charge in [0.2, 0.25) is 10.0 Å². The number of halogens is 2. The SMILES string of the molecule is CC(C)(C)C1CCN(S(=O)(=O)c2cc(Br)cnc2Cl)C1. The molecule has 0 spiro atoms. The normalized spacial score (nSPS) is 21.4. The molecule has 1 aliphatic heterocycles. The lowest BCUT2D eigenvalue weighted by Crippen LogP contribution is -2.31. The molecule has 1 fully saturated rings. The quantitative estimate of drug-likeness (QED) is 0.736. The summed E-state index contributed by atoms with van der Waals surface area (Å²) in [5.74, 6) is 0.358. The fourth-order valence-corrected chi connectivity index (χ4v) is 4.80. The van der Waals surface area contributed by atoms with Gasteiger partial charge in [-0.1, -0.05) is 32.4 Å². The average Bonchev–Trinajstić information content (AvgIpc) is 2.82. The van der Waals surface area contributed by atoms with Crippen LogP contribution in [0.1, 0.15) is 27.2 Å². The molecule has 0 aliphatic carbocycles. The Morgan fingerprint density at radius 3 is 2.65 bits per heavy atom. The van der Waals surface area contributed by atoms with Crippen LogP contribution in [0.15, 0.2) is 21.6 Å². The van der Waals surface area contributed by atoms with E-state index in [4.69, 9.17) is 11.6 Å². The van der Waals surface area contributed by atoms with Crippen LogP contribution in [-0.4, -0.2) is 30.8 Å². The van der Waals surface area contributed by atoms with Crippen LogP contribution in [0.2, 0.25) is 5.15 Å². The van der Waals surface area contributed by atoms with Crippen LogP contribution in [0.25, 0.3) is 0 Å². The number of aromatic nitrogens is 1. The first-order chi connectivity index (χ1) is 9.12. The maximum atomic E-state index is 12.7. The van der Waals surface area contributed by atoms with Crippen molar-refractivity contribution in [3.05, 3.63) is 21.9 Å². The fourth-order valence-electron chi connectivity index (χ4n) is 2.38. The molecule has 112 valence electrons. The maximum absolute atomic E-state index is 12.7. The van der Waals surface area contributed by atoms with Gasteiger partial charge in [0.15, 0.2) is 0 Å². The molecule has 1 atom stereocenters.